The molecule has 0 fully saturated rings. The highest BCUT2D eigenvalue weighted by Crippen LogP contribution is 2.19. The zero-order valence-electron chi connectivity index (χ0n) is 11.9. The summed E-state index contributed by atoms with van der Waals surface area (Å²) in [4.78, 5) is 6.65. The van der Waals surface area contributed by atoms with Crippen molar-refractivity contribution in [2.75, 3.05) is 0 Å². The molecular weight excluding hydrogens is 372 g/mol. The second kappa shape index (κ2) is 10.1. The highest BCUT2D eigenvalue weighted by molar-refractivity contribution is 9.09. The second-order valence-corrected chi connectivity index (χ2v) is 7.65. The summed E-state index contributed by atoms with van der Waals surface area (Å²) in [5.74, 6) is 0. The summed E-state index contributed by atoms with van der Waals surface area (Å²) >= 11 is 18.4. The van der Waals surface area contributed by atoms with Crippen molar-refractivity contribution in [1.29, 1.82) is 0 Å². The number of unbranched alkanes of at least 4 members (excludes halogenated alkanes) is 5. The topological polar surface area (TPSA) is 31.6 Å². The molecule has 0 saturated heterocycles. The molecule has 20 heavy (non-hydrogen) atoms. The molecule has 2 nitrogen and oxygen atoms in total. The molecule has 0 saturated carbocycles. The Morgan fingerprint density at radius 3 is 2.35 bits per heavy atom. The molecule has 114 valence electrons. The average Bonchev–Trinajstić information content (AvgIpc) is 2.40. The summed E-state index contributed by atoms with van der Waals surface area (Å²) in [7, 11) is 0. The molecule has 0 radical (unpaired) electrons. The highest BCUT2D eigenvalue weighted by atomic mass is 79.9. The van der Waals surface area contributed by atoms with Crippen molar-refractivity contribution in [3.63, 3.8) is 0 Å². The lowest BCUT2D eigenvalue weighted by atomic mass is 10.1. The van der Waals surface area contributed by atoms with Gasteiger partial charge in [-0.25, -0.2) is 0 Å². The van der Waals surface area contributed by atoms with E-state index in [4.69, 9.17) is 24.4 Å². The lowest BCUT2D eigenvalue weighted by molar-refractivity contribution is 0.580. The van der Waals surface area contributed by atoms with Gasteiger partial charge in [0.1, 0.15) is 9.28 Å². The summed E-state index contributed by atoms with van der Waals surface area (Å²) < 4.78 is 1.14. The van der Waals surface area contributed by atoms with Gasteiger partial charge in [-0.15, -0.1) is 12.6 Å². The van der Waals surface area contributed by atoms with Gasteiger partial charge in [0.05, 0.1) is 5.03 Å². The van der Waals surface area contributed by atoms with Crippen LogP contribution in [0.4, 0.5) is 0 Å². The van der Waals surface area contributed by atoms with E-state index in [1.807, 2.05) is 0 Å². The molecule has 1 atom stereocenters. The van der Waals surface area contributed by atoms with Crippen LogP contribution in [0.2, 0.25) is 0 Å². The molecule has 0 aromatic carbocycles. The van der Waals surface area contributed by atoms with E-state index in [9.17, 15) is 0 Å². The molecule has 0 aliphatic rings. The third-order valence-electron chi connectivity index (χ3n) is 3.28. The first kappa shape index (κ1) is 18.4. The molecule has 0 aliphatic heterocycles. The predicted molar refractivity (Wildman–Crippen MR) is 98.5 cm³/mol. The Morgan fingerprint density at radius 2 is 1.65 bits per heavy atom. The van der Waals surface area contributed by atoms with Gasteiger partial charge in [-0.2, -0.15) is 0 Å². The Labute approximate surface area is 145 Å². The lowest BCUT2D eigenvalue weighted by Crippen LogP contribution is -2.07. The van der Waals surface area contributed by atoms with Crippen LogP contribution in [0, 0.1) is 9.28 Å². The van der Waals surface area contributed by atoms with E-state index in [-0.39, 0.29) is 0 Å². The highest BCUT2D eigenvalue weighted by Gasteiger charge is 2.09. The number of aromatic nitrogens is 2. The lowest BCUT2D eigenvalue weighted by Gasteiger charge is -2.11. The number of alkyl halides is 1. The van der Waals surface area contributed by atoms with Crippen LogP contribution in [-0.2, 0) is 6.42 Å². The van der Waals surface area contributed by atoms with E-state index in [1.54, 1.807) is 0 Å². The number of hydrogen-bond donors (Lipinski definition) is 3. The molecule has 0 amide bonds. The smallest absolute Gasteiger partial charge is 0.139 e. The summed E-state index contributed by atoms with van der Waals surface area (Å²) in [5.41, 5.74) is 1.03. The molecule has 1 aromatic heterocycles. The first-order chi connectivity index (χ1) is 9.54. The summed E-state index contributed by atoms with van der Waals surface area (Å²) in [6, 6.07) is 0. The molecule has 1 aromatic rings. The van der Waals surface area contributed by atoms with Crippen LogP contribution >= 0.6 is 53.0 Å². The van der Waals surface area contributed by atoms with Crippen molar-refractivity contribution in [1.82, 2.24) is 9.97 Å². The Morgan fingerprint density at radius 1 is 1.05 bits per heavy atom. The Bertz CT molecular complexity index is 510. The van der Waals surface area contributed by atoms with Crippen molar-refractivity contribution in [2.45, 2.75) is 68.1 Å². The van der Waals surface area contributed by atoms with Gasteiger partial charge in [-0.3, -0.25) is 0 Å². The first-order valence-electron chi connectivity index (χ1n) is 7.23. The Kier molecular flexibility index (Phi) is 9.33. The molecule has 6 heteroatoms. The largest absolute Gasteiger partial charge is 0.345 e. The molecule has 1 unspecified atom stereocenters. The fraction of sp³-hybridized carbons (Fsp3) is 0.714. The van der Waals surface area contributed by atoms with Gasteiger partial charge in [0.25, 0.3) is 0 Å². The molecular formula is C14H23BrN2S3. The molecule has 1 rings (SSSR count). The fourth-order valence-electron chi connectivity index (χ4n) is 2.11. The molecule has 0 bridgehead atoms. The fourth-order valence-corrected chi connectivity index (χ4v) is 3.42. The quantitative estimate of drug-likeness (QED) is 0.203. The standard InChI is InChI=1S/C14H23BrN2S3/c1-2-3-4-5-6-7-8-10(15)9-11-12(18)17-14(20)13(19)16-11/h10H,2-9H2,1H3,(H,16,19)(H2,17,18,20). The number of aromatic amines is 2. The summed E-state index contributed by atoms with van der Waals surface area (Å²) in [6.45, 7) is 2.25. The van der Waals surface area contributed by atoms with Gasteiger partial charge >= 0.3 is 0 Å². The number of rotatable bonds is 9. The molecule has 2 N–H and O–H groups in total. The van der Waals surface area contributed by atoms with E-state index in [1.165, 1.54) is 44.9 Å². The minimum absolute atomic E-state index is 0.453. The number of H-pyrrole nitrogens is 2. The van der Waals surface area contributed by atoms with E-state index in [0.29, 0.717) is 14.1 Å². The van der Waals surface area contributed by atoms with Gasteiger partial charge in [0.15, 0.2) is 0 Å². The van der Waals surface area contributed by atoms with Gasteiger partial charge in [-0.1, -0.05) is 85.8 Å². The van der Waals surface area contributed by atoms with Crippen LogP contribution in [0.3, 0.4) is 0 Å². The summed E-state index contributed by atoms with van der Waals surface area (Å²) in [5, 5.41) is 0.788. The van der Waals surface area contributed by atoms with Crippen LogP contribution in [0.1, 0.15) is 57.6 Å². The SMILES string of the molecule is CCCCCCCCC(Br)Cc1[nH]c(=S)c(=S)[nH]c1S. The minimum atomic E-state index is 0.453. The van der Waals surface area contributed by atoms with Crippen LogP contribution < -0.4 is 0 Å². The zero-order chi connectivity index (χ0) is 15.0. The third-order valence-corrected chi connectivity index (χ3v) is 5.19. The first-order valence-corrected chi connectivity index (χ1v) is 9.41. The number of hydrogen-bond acceptors (Lipinski definition) is 3. The van der Waals surface area contributed by atoms with Crippen molar-refractivity contribution < 1.29 is 0 Å². The van der Waals surface area contributed by atoms with E-state index in [2.05, 4.69) is 45.5 Å². The van der Waals surface area contributed by atoms with Gasteiger partial charge in [0, 0.05) is 16.9 Å². The van der Waals surface area contributed by atoms with E-state index < -0.39 is 0 Å². The minimum Gasteiger partial charge on any atom is -0.345 e. The van der Waals surface area contributed by atoms with Crippen molar-refractivity contribution >= 4 is 53.0 Å². The van der Waals surface area contributed by atoms with E-state index in [0.717, 1.165) is 17.1 Å². The van der Waals surface area contributed by atoms with Crippen LogP contribution in [-0.4, -0.2) is 14.8 Å². The molecule has 0 spiro atoms. The molecule has 0 aliphatic carbocycles. The number of nitrogens with one attached hydrogen (secondary N) is 2. The predicted octanol–water partition coefficient (Wildman–Crippen LogP) is 6.15. The third kappa shape index (κ3) is 6.87. The monoisotopic (exact) mass is 394 g/mol. The van der Waals surface area contributed by atoms with Gasteiger partial charge in [0.2, 0.25) is 0 Å². The normalized spacial score (nSPS) is 12.6. The zero-order valence-corrected chi connectivity index (χ0v) is 16.0. The van der Waals surface area contributed by atoms with Crippen LogP contribution in [0.25, 0.3) is 0 Å². The maximum atomic E-state index is 5.16. The maximum absolute atomic E-state index is 5.16. The Balaban J connectivity index is 2.35. The van der Waals surface area contributed by atoms with Gasteiger partial charge in [-0.05, 0) is 6.42 Å². The van der Waals surface area contributed by atoms with E-state index >= 15 is 0 Å². The maximum Gasteiger partial charge on any atom is 0.139 e. The number of thiol groups is 1. The second-order valence-electron chi connectivity index (χ2n) is 5.09. The Hall–Kier alpha value is 0.350. The molecule has 1 heterocycles. The van der Waals surface area contributed by atoms with Crippen LogP contribution in [0.5, 0.6) is 0 Å². The summed E-state index contributed by atoms with van der Waals surface area (Å²) in [6.07, 6.45) is 10.0. The van der Waals surface area contributed by atoms with Gasteiger partial charge < -0.3 is 9.97 Å². The van der Waals surface area contributed by atoms with Crippen LogP contribution in [0.15, 0.2) is 5.03 Å². The van der Waals surface area contributed by atoms with Crippen molar-refractivity contribution in [3.05, 3.63) is 15.0 Å². The van der Waals surface area contributed by atoms with Crippen molar-refractivity contribution in [3.8, 4) is 0 Å². The van der Waals surface area contributed by atoms with Crippen molar-refractivity contribution in [2.24, 2.45) is 0 Å². The average molecular weight is 395 g/mol. The number of halogens is 1.